The number of hydrogen-bond donors (Lipinski definition) is 1. The molecular weight excluding hydrogens is 227 g/mol. The molecule has 0 spiro atoms. The molecule has 1 atom stereocenters. The second kappa shape index (κ2) is 4.98. The molecule has 0 heterocycles. The zero-order chi connectivity index (χ0) is 13.3. The average molecular weight is 250 g/mol. The molecule has 0 amide bonds. The highest BCUT2D eigenvalue weighted by atomic mass is 19.1. The summed E-state index contributed by atoms with van der Waals surface area (Å²) in [5, 5.41) is 3.61. The standard InChI is InChI=1S/C15H23FN2/c1-15(2,18(3)4)10-17-14-8-5-11-9-12(16)6-7-13(11)14/h6-7,9,14,17H,5,8,10H2,1-4H3. The monoisotopic (exact) mass is 250 g/mol. The Labute approximate surface area is 109 Å². The number of benzene rings is 1. The molecule has 100 valence electrons. The lowest BCUT2D eigenvalue weighted by Crippen LogP contribution is -2.47. The van der Waals surface area contributed by atoms with Crippen LogP contribution < -0.4 is 5.32 Å². The third-order valence-electron chi connectivity index (χ3n) is 4.17. The minimum atomic E-state index is -0.122. The Bertz CT molecular complexity index is 427. The summed E-state index contributed by atoms with van der Waals surface area (Å²) < 4.78 is 13.1. The van der Waals surface area contributed by atoms with Gasteiger partial charge in [-0.1, -0.05) is 6.07 Å². The van der Waals surface area contributed by atoms with Crippen LogP contribution in [0.2, 0.25) is 0 Å². The predicted octanol–water partition coefficient (Wildman–Crippen LogP) is 2.74. The summed E-state index contributed by atoms with van der Waals surface area (Å²) in [6.07, 6.45) is 2.05. The summed E-state index contributed by atoms with van der Waals surface area (Å²) in [6, 6.07) is 5.54. The Morgan fingerprint density at radius 3 is 2.78 bits per heavy atom. The molecule has 0 fully saturated rings. The van der Waals surface area contributed by atoms with Crippen LogP contribution in [0.25, 0.3) is 0 Å². The molecule has 0 bridgehead atoms. The van der Waals surface area contributed by atoms with Crippen molar-refractivity contribution in [2.45, 2.75) is 38.3 Å². The maximum atomic E-state index is 13.1. The van der Waals surface area contributed by atoms with E-state index in [1.165, 1.54) is 5.56 Å². The average Bonchev–Trinajstić information content (AvgIpc) is 2.68. The number of likely N-dealkylation sites (N-methyl/N-ethyl adjacent to an activating group) is 1. The van der Waals surface area contributed by atoms with E-state index in [0.29, 0.717) is 6.04 Å². The van der Waals surface area contributed by atoms with Gasteiger partial charge in [0.2, 0.25) is 0 Å². The number of halogens is 1. The van der Waals surface area contributed by atoms with Crippen molar-refractivity contribution in [3.05, 3.63) is 35.1 Å². The SMILES string of the molecule is CN(C)C(C)(C)CNC1CCc2cc(F)ccc21. The van der Waals surface area contributed by atoms with Crippen LogP contribution in [0.1, 0.15) is 37.4 Å². The smallest absolute Gasteiger partial charge is 0.123 e. The lowest BCUT2D eigenvalue weighted by atomic mass is 10.0. The molecule has 1 unspecified atom stereocenters. The summed E-state index contributed by atoms with van der Waals surface area (Å²) in [5.74, 6) is -0.122. The van der Waals surface area contributed by atoms with E-state index in [0.717, 1.165) is 24.9 Å². The highest BCUT2D eigenvalue weighted by molar-refractivity contribution is 5.34. The van der Waals surface area contributed by atoms with Crippen molar-refractivity contribution in [3.8, 4) is 0 Å². The summed E-state index contributed by atoms with van der Waals surface area (Å²) in [7, 11) is 4.19. The van der Waals surface area contributed by atoms with Gasteiger partial charge in [-0.05, 0) is 64.0 Å². The molecule has 0 radical (unpaired) electrons. The summed E-state index contributed by atoms with van der Waals surface area (Å²) in [5.41, 5.74) is 2.56. The zero-order valence-electron chi connectivity index (χ0n) is 11.8. The molecule has 1 aliphatic carbocycles. The van der Waals surface area contributed by atoms with Gasteiger partial charge in [0.25, 0.3) is 0 Å². The largest absolute Gasteiger partial charge is 0.308 e. The van der Waals surface area contributed by atoms with E-state index < -0.39 is 0 Å². The van der Waals surface area contributed by atoms with Crippen molar-refractivity contribution in [1.29, 1.82) is 0 Å². The van der Waals surface area contributed by atoms with Crippen molar-refractivity contribution in [2.24, 2.45) is 0 Å². The quantitative estimate of drug-likeness (QED) is 0.884. The lowest BCUT2D eigenvalue weighted by Gasteiger charge is -2.34. The Kier molecular flexibility index (Phi) is 3.74. The van der Waals surface area contributed by atoms with Crippen LogP contribution in [-0.2, 0) is 6.42 Å². The van der Waals surface area contributed by atoms with Crippen LogP contribution >= 0.6 is 0 Å². The molecule has 1 aromatic carbocycles. The van der Waals surface area contributed by atoms with Gasteiger partial charge >= 0.3 is 0 Å². The summed E-state index contributed by atoms with van der Waals surface area (Å²) in [6.45, 7) is 5.38. The molecule has 0 aliphatic heterocycles. The van der Waals surface area contributed by atoms with Crippen molar-refractivity contribution >= 4 is 0 Å². The van der Waals surface area contributed by atoms with Crippen LogP contribution in [0.5, 0.6) is 0 Å². The van der Waals surface area contributed by atoms with Gasteiger partial charge in [0.15, 0.2) is 0 Å². The predicted molar refractivity (Wildman–Crippen MR) is 73.2 cm³/mol. The minimum absolute atomic E-state index is 0.122. The van der Waals surface area contributed by atoms with Crippen LogP contribution in [-0.4, -0.2) is 31.1 Å². The number of rotatable bonds is 4. The van der Waals surface area contributed by atoms with Gasteiger partial charge in [-0.15, -0.1) is 0 Å². The highest BCUT2D eigenvalue weighted by Gasteiger charge is 2.26. The maximum Gasteiger partial charge on any atom is 0.123 e. The van der Waals surface area contributed by atoms with Crippen LogP contribution in [0.4, 0.5) is 4.39 Å². The Hall–Kier alpha value is -0.930. The first-order valence-electron chi connectivity index (χ1n) is 6.59. The highest BCUT2D eigenvalue weighted by Crippen LogP contribution is 2.31. The van der Waals surface area contributed by atoms with E-state index in [1.54, 1.807) is 12.1 Å². The second-order valence-corrected chi connectivity index (χ2v) is 6.02. The normalized spacial score (nSPS) is 19.3. The maximum absolute atomic E-state index is 13.1. The van der Waals surface area contributed by atoms with E-state index in [-0.39, 0.29) is 11.4 Å². The third kappa shape index (κ3) is 2.73. The molecule has 1 aromatic rings. The second-order valence-electron chi connectivity index (χ2n) is 6.02. The number of hydrogen-bond acceptors (Lipinski definition) is 2. The van der Waals surface area contributed by atoms with Gasteiger partial charge in [0.1, 0.15) is 5.82 Å². The molecule has 0 aromatic heterocycles. The van der Waals surface area contributed by atoms with Gasteiger partial charge in [-0.2, -0.15) is 0 Å². The van der Waals surface area contributed by atoms with E-state index in [1.807, 2.05) is 6.07 Å². The third-order valence-corrected chi connectivity index (χ3v) is 4.17. The Morgan fingerprint density at radius 2 is 2.11 bits per heavy atom. The van der Waals surface area contributed by atoms with E-state index >= 15 is 0 Å². The molecule has 1 aliphatic rings. The van der Waals surface area contributed by atoms with Crippen LogP contribution in [0.15, 0.2) is 18.2 Å². The number of aryl methyl sites for hydroxylation is 1. The number of nitrogens with one attached hydrogen (secondary N) is 1. The first-order chi connectivity index (χ1) is 8.40. The van der Waals surface area contributed by atoms with Gasteiger partial charge in [-0.3, -0.25) is 0 Å². The van der Waals surface area contributed by atoms with Crippen LogP contribution in [0.3, 0.4) is 0 Å². The minimum Gasteiger partial charge on any atom is -0.308 e. The van der Waals surface area contributed by atoms with Crippen molar-refractivity contribution in [1.82, 2.24) is 10.2 Å². The van der Waals surface area contributed by atoms with Crippen molar-refractivity contribution < 1.29 is 4.39 Å². The molecular formula is C15H23FN2. The van der Waals surface area contributed by atoms with E-state index in [4.69, 9.17) is 0 Å². The van der Waals surface area contributed by atoms with Gasteiger partial charge in [-0.25, -0.2) is 4.39 Å². The first kappa shape index (κ1) is 13.5. The number of fused-ring (bicyclic) bond motifs is 1. The summed E-state index contributed by atoms with van der Waals surface area (Å²) in [4.78, 5) is 2.22. The number of nitrogens with zero attached hydrogens (tertiary/aromatic N) is 1. The molecule has 0 saturated carbocycles. The zero-order valence-corrected chi connectivity index (χ0v) is 11.8. The molecule has 0 saturated heterocycles. The Balaban J connectivity index is 2.02. The fraction of sp³-hybridized carbons (Fsp3) is 0.600. The van der Waals surface area contributed by atoms with E-state index in [9.17, 15) is 4.39 Å². The fourth-order valence-corrected chi connectivity index (χ4v) is 2.33. The molecule has 2 rings (SSSR count). The van der Waals surface area contributed by atoms with Gasteiger partial charge < -0.3 is 10.2 Å². The molecule has 1 N–H and O–H groups in total. The van der Waals surface area contributed by atoms with Crippen molar-refractivity contribution in [3.63, 3.8) is 0 Å². The first-order valence-corrected chi connectivity index (χ1v) is 6.59. The molecule has 3 heteroatoms. The van der Waals surface area contributed by atoms with Crippen molar-refractivity contribution in [2.75, 3.05) is 20.6 Å². The fourth-order valence-electron chi connectivity index (χ4n) is 2.33. The lowest BCUT2D eigenvalue weighted by molar-refractivity contribution is 0.184. The van der Waals surface area contributed by atoms with Crippen LogP contribution in [0, 0.1) is 5.82 Å². The molecule has 18 heavy (non-hydrogen) atoms. The summed E-state index contributed by atoms with van der Waals surface area (Å²) >= 11 is 0. The van der Waals surface area contributed by atoms with E-state index in [2.05, 4.69) is 38.2 Å². The van der Waals surface area contributed by atoms with Gasteiger partial charge in [0, 0.05) is 18.1 Å². The molecule has 2 nitrogen and oxygen atoms in total. The van der Waals surface area contributed by atoms with Gasteiger partial charge in [0.05, 0.1) is 0 Å². The Morgan fingerprint density at radius 1 is 1.39 bits per heavy atom. The topological polar surface area (TPSA) is 15.3 Å².